The molecule has 4 heteroatoms. The second-order valence-corrected chi connectivity index (χ2v) is 5.77. The van der Waals surface area contributed by atoms with Crippen LogP contribution in [0, 0.1) is 0 Å². The van der Waals surface area contributed by atoms with E-state index in [0.29, 0.717) is 18.4 Å². The standard InChI is InChI=1S/C16H17N3O/c20-15-7-12-6-13(8-14-16(12)18-10-17-14)19(15)9-11-4-2-1-3-5-11/h1-5,10,12-13H,6-9H2,(H,17,18)/t12-,13-/m0/s1. The molecule has 1 fully saturated rings. The summed E-state index contributed by atoms with van der Waals surface area (Å²) in [4.78, 5) is 22.1. The van der Waals surface area contributed by atoms with Crippen LogP contribution >= 0.6 is 0 Å². The molecule has 2 aliphatic rings. The summed E-state index contributed by atoms with van der Waals surface area (Å²) in [5.41, 5.74) is 3.54. The molecule has 1 N–H and O–H groups in total. The van der Waals surface area contributed by atoms with Gasteiger partial charge in [-0.25, -0.2) is 4.98 Å². The molecule has 20 heavy (non-hydrogen) atoms. The van der Waals surface area contributed by atoms with Crippen LogP contribution in [0.15, 0.2) is 36.7 Å². The molecule has 0 unspecified atom stereocenters. The first-order valence-electron chi connectivity index (χ1n) is 7.17. The Morgan fingerprint density at radius 2 is 2.10 bits per heavy atom. The fourth-order valence-corrected chi connectivity index (χ4v) is 3.55. The van der Waals surface area contributed by atoms with E-state index in [2.05, 4.69) is 27.0 Å². The molecule has 2 bridgehead atoms. The quantitative estimate of drug-likeness (QED) is 0.907. The molecular weight excluding hydrogens is 250 g/mol. The van der Waals surface area contributed by atoms with Crippen molar-refractivity contribution >= 4 is 5.91 Å². The van der Waals surface area contributed by atoms with E-state index in [4.69, 9.17) is 0 Å². The Kier molecular flexibility index (Phi) is 2.62. The molecule has 0 radical (unpaired) electrons. The Labute approximate surface area is 117 Å². The molecule has 1 aromatic carbocycles. The lowest BCUT2D eigenvalue weighted by Crippen LogP contribution is -2.48. The summed E-state index contributed by atoms with van der Waals surface area (Å²) in [6, 6.07) is 10.6. The molecule has 1 aromatic heterocycles. The van der Waals surface area contributed by atoms with Gasteiger partial charge in [-0.1, -0.05) is 30.3 Å². The lowest BCUT2D eigenvalue weighted by Gasteiger charge is -2.42. The molecule has 0 spiro atoms. The van der Waals surface area contributed by atoms with Crippen LogP contribution in [-0.2, 0) is 17.8 Å². The van der Waals surface area contributed by atoms with Gasteiger partial charge >= 0.3 is 0 Å². The number of likely N-dealkylation sites (tertiary alicyclic amines) is 1. The molecule has 2 heterocycles. The van der Waals surface area contributed by atoms with E-state index in [1.807, 2.05) is 18.2 Å². The van der Waals surface area contributed by atoms with Gasteiger partial charge in [0, 0.05) is 37.0 Å². The van der Waals surface area contributed by atoms with E-state index in [-0.39, 0.29) is 5.91 Å². The molecule has 1 aliphatic heterocycles. The Morgan fingerprint density at radius 1 is 1.25 bits per heavy atom. The Bertz CT molecular complexity index is 634. The van der Waals surface area contributed by atoms with E-state index in [0.717, 1.165) is 25.1 Å². The summed E-state index contributed by atoms with van der Waals surface area (Å²) in [7, 11) is 0. The highest BCUT2D eigenvalue weighted by atomic mass is 16.2. The number of imidazole rings is 1. The summed E-state index contributed by atoms with van der Waals surface area (Å²) >= 11 is 0. The third-order valence-corrected chi connectivity index (χ3v) is 4.51. The summed E-state index contributed by atoms with van der Waals surface area (Å²) in [5.74, 6) is 0.582. The number of H-pyrrole nitrogens is 1. The Hall–Kier alpha value is -2.10. The first-order chi connectivity index (χ1) is 9.81. The van der Waals surface area contributed by atoms with Crippen molar-refractivity contribution in [2.45, 2.75) is 37.8 Å². The lowest BCUT2D eigenvalue weighted by atomic mass is 9.79. The van der Waals surface area contributed by atoms with Gasteiger partial charge in [-0.05, 0) is 12.0 Å². The van der Waals surface area contributed by atoms with Gasteiger partial charge in [-0.3, -0.25) is 4.79 Å². The normalized spacial score (nSPS) is 24.6. The van der Waals surface area contributed by atoms with Gasteiger partial charge in [0.1, 0.15) is 0 Å². The third kappa shape index (κ3) is 1.83. The number of hydrogen-bond donors (Lipinski definition) is 1. The minimum Gasteiger partial charge on any atom is -0.348 e. The van der Waals surface area contributed by atoms with Crippen molar-refractivity contribution in [1.29, 1.82) is 0 Å². The maximum Gasteiger partial charge on any atom is 0.223 e. The second-order valence-electron chi connectivity index (χ2n) is 5.77. The molecule has 2 aromatic rings. The predicted octanol–water partition coefficient (Wildman–Crippen LogP) is 2.24. The minimum atomic E-state index is 0.267. The number of amides is 1. The summed E-state index contributed by atoms with van der Waals surface area (Å²) in [6.07, 6.45) is 4.32. The number of aromatic amines is 1. The lowest BCUT2D eigenvalue weighted by molar-refractivity contribution is -0.138. The fourth-order valence-electron chi connectivity index (χ4n) is 3.55. The number of hydrogen-bond acceptors (Lipinski definition) is 2. The van der Waals surface area contributed by atoms with Crippen molar-refractivity contribution in [2.24, 2.45) is 0 Å². The number of aromatic nitrogens is 2. The van der Waals surface area contributed by atoms with E-state index in [1.54, 1.807) is 6.33 Å². The molecule has 0 saturated carbocycles. The Morgan fingerprint density at radius 3 is 2.95 bits per heavy atom. The SMILES string of the molecule is O=C1C[C@@H]2C[C@@H](Cc3[nH]cnc32)N1Cc1ccccc1. The van der Waals surface area contributed by atoms with Gasteiger partial charge in [0.2, 0.25) is 5.91 Å². The van der Waals surface area contributed by atoms with E-state index in [1.165, 1.54) is 11.3 Å². The minimum absolute atomic E-state index is 0.267. The average molecular weight is 267 g/mol. The zero-order valence-corrected chi connectivity index (χ0v) is 11.2. The molecule has 1 amide bonds. The number of benzene rings is 1. The van der Waals surface area contributed by atoms with Gasteiger partial charge in [0.05, 0.1) is 12.0 Å². The Balaban J connectivity index is 1.61. The first kappa shape index (κ1) is 11.7. The molecule has 4 rings (SSSR count). The molecule has 102 valence electrons. The smallest absolute Gasteiger partial charge is 0.223 e. The van der Waals surface area contributed by atoms with Crippen LogP contribution in [0.5, 0.6) is 0 Å². The van der Waals surface area contributed by atoms with Crippen molar-refractivity contribution < 1.29 is 4.79 Å². The van der Waals surface area contributed by atoms with Gasteiger partial charge in [-0.15, -0.1) is 0 Å². The van der Waals surface area contributed by atoms with Crippen molar-refractivity contribution in [2.75, 3.05) is 0 Å². The maximum atomic E-state index is 12.4. The number of carbonyl (C=O) groups excluding carboxylic acids is 1. The van der Waals surface area contributed by atoms with Crippen LogP contribution in [0.4, 0.5) is 0 Å². The highest BCUT2D eigenvalue weighted by molar-refractivity contribution is 5.79. The molecule has 2 atom stereocenters. The van der Waals surface area contributed by atoms with Crippen LogP contribution in [0.25, 0.3) is 0 Å². The van der Waals surface area contributed by atoms with Crippen LogP contribution in [0.2, 0.25) is 0 Å². The van der Waals surface area contributed by atoms with Crippen LogP contribution < -0.4 is 0 Å². The first-order valence-corrected chi connectivity index (χ1v) is 7.17. The van der Waals surface area contributed by atoms with Crippen molar-refractivity contribution in [3.8, 4) is 0 Å². The summed E-state index contributed by atoms with van der Waals surface area (Å²) in [5, 5.41) is 0. The third-order valence-electron chi connectivity index (χ3n) is 4.51. The van der Waals surface area contributed by atoms with E-state index in [9.17, 15) is 4.79 Å². The molecular formula is C16H17N3O. The monoisotopic (exact) mass is 267 g/mol. The highest BCUT2D eigenvalue weighted by Gasteiger charge is 2.40. The maximum absolute atomic E-state index is 12.4. The van der Waals surface area contributed by atoms with Gasteiger partial charge in [0.25, 0.3) is 0 Å². The number of carbonyl (C=O) groups is 1. The van der Waals surface area contributed by atoms with Gasteiger partial charge < -0.3 is 9.88 Å². The van der Waals surface area contributed by atoms with Crippen molar-refractivity contribution in [3.05, 3.63) is 53.6 Å². The highest BCUT2D eigenvalue weighted by Crippen LogP contribution is 2.39. The predicted molar refractivity (Wildman–Crippen MR) is 75.0 cm³/mol. The summed E-state index contributed by atoms with van der Waals surface area (Å²) < 4.78 is 0. The zero-order valence-electron chi connectivity index (χ0n) is 11.2. The molecule has 1 saturated heterocycles. The number of nitrogens with one attached hydrogen (secondary N) is 1. The zero-order chi connectivity index (χ0) is 13.5. The van der Waals surface area contributed by atoms with Crippen molar-refractivity contribution in [3.63, 3.8) is 0 Å². The largest absolute Gasteiger partial charge is 0.348 e. The molecule has 4 nitrogen and oxygen atoms in total. The summed E-state index contributed by atoms with van der Waals surface area (Å²) in [6.45, 7) is 0.723. The van der Waals surface area contributed by atoms with Crippen LogP contribution in [0.3, 0.4) is 0 Å². The van der Waals surface area contributed by atoms with Crippen LogP contribution in [0.1, 0.15) is 35.7 Å². The fraction of sp³-hybridized carbons (Fsp3) is 0.375. The second kappa shape index (κ2) is 4.47. The van der Waals surface area contributed by atoms with E-state index < -0.39 is 0 Å². The van der Waals surface area contributed by atoms with E-state index >= 15 is 0 Å². The molecule has 1 aliphatic carbocycles. The van der Waals surface area contributed by atoms with Crippen LogP contribution in [-0.4, -0.2) is 26.8 Å². The number of rotatable bonds is 2. The van der Waals surface area contributed by atoms with Gasteiger partial charge in [0.15, 0.2) is 0 Å². The number of piperidine rings is 1. The number of fused-ring (bicyclic) bond motifs is 4. The average Bonchev–Trinajstić information content (AvgIpc) is 2.93. The topological polar surface area (TPSA) is 49.0 Å². The van der Waals surface area contributed by atoms with Crippen molar-refractivity contribution in [1.82, 2.24) is 14.9 Å². The number of nitrogens with zero attached hydrogens (tertiary/aromatic N) is 2. The van der Waals surface area contributed by atoms with Gasteiger partial charge in [-0.2, -0.15) is 0 Å².